The molecule has 3 rings (SSSR count). The van der Waals surface area contributed by atoms with E-state index in [2.05, 4.69) is 20.6 Å². The molecule has 0 bridgehead atoms. The summed E-state index contributed by atoms with van der Waals surface area (Å²) in [6.45, 7) is 0. The highest BCUT2D eigenvalue weighted by Gasteiger charge is 2.10. The normalized spacial score (nSPS) is 10.4. The lowest BCUT2D eigenvalue weighted by atomic mass is 10.3. The van der Waals surface area contributed by atoms with Crippen molar-refractivity contribution in [3.63, 3.8) is 0 Å². The molecular weight excluding hydrogens is 256 g/mol. The zero-order valence-electron chi connectivity index (χ0n) is 10.4. The number of nitrogens with zero attached hydrogens (tertiary/aromatic N) is 3. The first-order chi connectivity index (χ1) is 9.72. The van der Waals surface area contributed by atoms with Crippen LogP contribution in [0.5, 0.6) is 0 Å². The molecule has 0 aliphatic heterocycles. The number of benzene rings is 1. The Hall–Kier alpha value is -3.09. The van der Waals surface area contributed by atoms with Crippen LogP contribution in [0.4, 0.5) is 11.5 Å². The van der Waals surface area contributed by atoms with Gasteiger partial charge >= 0.3 is 0 Å². The molecule has 100 valence electrons. The van der Waals surface area contributed by atoms with Gasteiger partial charge < -0.3 is 11.1 Å². The summed E-state index contributed by atoms with van der Waals surface area (Å²) in [6, 6.07) is 10.5. The Morgan fingerprint density at radius 3 is 2.70 bits per heavy atom. The van der Waals surface area contributed by atoms with Gasteiger partial charge in [0.05, 0.1) is 11.9 Å². The summed E-state index contributed by atoms with van der Waals surface area (Å²) < 4.78 is 1.61. The third kappa shape index (κ3) is 2.37. The van der Waals surface area contributed by atoms with E-state index in [-0.39, 0.29) is 5.91 Å². The van der Waals surface area contributed by atoms with E-state index in [0.29, 0.717) is 17.2 Å². The van der Waals surface area contributed by atoms with Gasteiger partial charge in [0, 0.05) is 18.0 Å². The summed E-state index contributed by atoms with van der Waals surface area (Å²) in [7, 11) is 0. The van der Waals surface area contributed by atoms with Gasteiger partial charge in [-0.1, -0.05) is 0 Å². The third-order valence-corrected chi connectivity index (χ3v) is 2.73. The fourth-order valence-electron chi connectivity index (χ4n) is 1.73. The predicted molar refractivity (Wildman–Crippen MR) is 74.5 cm³/mol. The molecule has 0 aliphatic carbocycles. The highest BCUT2D eigenvalue weighted by molar-refractivity contribution is 6.02. The van der Waals surface area contributed by atoms with Crippen molar-refractivity contribution in [1.29, 1.82) is 0 Å². The van der Waals surface area contributed by atoms with Crippen LogP contribution in [0, 0.1) is 0 Å². The van der Waals surface area contributed by atoms with Crippen LogP contribution in [-0.2, 0) is 0 Å². The van der Waals surface area contributed by atoms with E-state index in [0.717, 1.165) is 5.69 Å². The van der Waals surface area contributed by atoms with Crippen molar-refractivity contribution in [2.75, 3.05) is 11.1 Å². The van der Waals surface area contributed by atoms with Crippen LogP contribution in [0.3, 0.4) is 0 Å². The SMILES string of the molecule is Nc1ccc(-n2ccc(C(=O)Nc3ccn[nH]3)n2)cc1. The number of nitrogens with one attached hydrogen (secondary N) is 2. The number of aromatic amines is 1. The minimum atomic E-state index is -0.302. The molecule has 0 saturated heterocycles. The summed E-state index contributed by atoms with van der Waals surface area (Å²) in [5.41, 5.74) is 7.46. The number of carbonyl (C=O) groups excluding carboxylic acids is 1. The predicted octanol–water partition coefficient (Wildman–Crippen LogP) is 1.43. The molecule has 0 aliphatic rings. The molecule has 0 radical (unpaired) electrons. The minimum Gasteiger partial charge on any atom is -0.399 e. The van der Waals surface area contributed by atoms with Crippen LogP contribution in [0.15, 0.2) is 48.8 Å². The quantitative estimate of drug-likeness (QED) is 0.625. The molecule has 0 fully saturated rings. The van der Waals surface area contributed by atoms with Crippen molar-refractivity contribution in [2.24, 2.45) is 0 Å². The standard InChI is InChI=1S/C13H12N6O/c14-9-1-3-10(4-2-9)19-8-6-11(18-19)13(20)16-12-5-7-15-17-12/h1-8H,14H2,(H2,15,16,17,20). The highest BCUT2D eigenvalue weighted by Crippen LogP contribution is 2.11. The summed E-state index contributed by atoms with van der Waals surface area (Å²) in [4.78, 5) is 12.0. The van der Waals surface area contributed by atoms with E-state index in [4.69, 9.17) is 5.73 Å². The number of nitrogen functional groups attached to an aromatic ring is 1. The van der Waals surface area contributed by atoms with Gasteiger partial charge in [0.2, 0.25) is 0 Å². The molecule has 2 aromatic heterocycles. The molecule has 0 saturated carbocycles. The van der Waals surface area contributed by atoms with Gasteiger partial charge in [-0.3, -0.25) is 9.89 Å². The van der Waals surface area contributed by atoms with Crippen molar-refractivity contribution in [2.45, 2.75) is 0 Å². The van der Waals surface area contributed by atoms with E-state index in [9.17, 15) is 4.79 Å². The van der Waals surface area contributed by atoms with Crippen LogP contribution < -0.4 is 11.1 Å². The molecule has 0 spiro atoms. The molecule has 1 amide bonds. The van der Waals surface area contributed by atoms with Crippen LogP contribution in [-0.4, -0.2) is 25.9 Å². The number of aromatic nitrogens is 4. The Morgan fingerprint density at radius 1 is 1.20 bits per heavy atom. The molecule has 1 aromatic carbocycles. The van der Waals surface area contributed by atoms with Crippen molar-refractivity contribution in [1.82, 2.24) is 20.0 Å². The summed E-state index contributed by atoms with van der Waals surface area (Å²) >= 11 is 0. The van der Waals surface area contributed by atoms with Crippen molar-refractivity contribution < 1.29 is 4.79 Å². The summed E-state index contributed by atoms with van der Waals surface area (Å²) in [5, 5.41) is 13.3. The molecule has 0 unspecified atom stereocenters. The average Bonchev–Trinajstić information content (AvgIpc) is 3.10. The lowest BCUT2D eigenvalue weighted by Gasteiger charge is -2.02. The number of amides is 1. The average molecular weight is 268 g/mol. The van der Waals surface area contributed by atoms with Gasteiger partial charge in [0.1, 0.15) is 5.82 Å². The number of anilines is 2. The number of hydrogen-bond acceptors (Lipinski definition) is 4. The number of H-pyrrole nitrogens is 1. The van der Waals surface area contributed by atoms with Crippen molar-refractivity contribution in [3.05, 3.63) is 54.5 Å². The smallest absolute Gasteiger partial charge is 0.277 e. The number of hydrogen-bond donors (Lipinski definition) is 3. The second kappa shape index (κ2) is 4.88. The van der Waals surface area contributed by atoms with E-state index >= 15 is 0 Å². The monoisotopic (exact) mass is 268 g/mol. The third-order valence-electron chi connectivity index (χ3n) is 2.73. The second-order valence-electron chi connectivity index (χ2n) is 4.16. The Bertz CT molecular complexity index is 714. The lowest BCUT2D eigenvalue weighted by molar-refractivity contribution is 0.102. The first-order valence-corrected chi connectivity index (χ1v) is 5.95. The van der Waals surface area contributed by atoms with E-state index in [1.54, 1.807) is 41.3 Å². The maximum absolute atomic E-state index is 12.0. The Labute approximate surface area is 114 Å². The van der Waals surface area contributed by atoms with Gasteiger partial charge in [0.15, 0.2) is 5.69 Å². The zero-order valence-corrected chi connectivity index (χ0v) is 10.4. The van der Waals surface area contributed by atoms with Crippen LogP contribution >= 0.6 is 0 Å². The van der Waals surface area contributed by atoms with E-state index < -0.39 is 0 Å². The Balaban J connectivity index is 1.79. The number of nitrogens with two attached hydrogens (primary N) is 1. The van der Waals surface area contributed by atoms with Crippen molar-refractivity contribution >= 4 is 17.4 Å². The highest BCUT2D eigenvalue weighted by atomic mass is 16.2. The Morgan fingerprint density at radius 2 is 2.00 bits per heavy atom. The zero-order chi connectivity index (χ0) is 13.9. The Kier molecular flexibility index (Phi) is 2.92. The molecule has 7 heteroatoms. The first-order valence-electron chi connectivity index (χ1n) is 5.95. The van der Waals surface area contributed by atoms with Crippen molar-refractivity contribution in [3.8, 4) is 5.69 Å². The fourth-order valence-corrected chi connectivity index (χ4v) is 1.73. The molecule has 3 aromatic rings. The molecule has 20 heavy (non-hydrogen) atoms. The fraction of sp³-hybridized carbons (Fsp3) is 0. The summed E-state index contributed by atoms with van der Waals surface area (Å²) in [6.07, 6.45) is 3.27. The second-order valence-corrected chi connectivity index (χ2v) is 4.16. The molecule has 4 N–H and O–H groups in total. The van der Waals surface area contributed by atoms with Gasteiger partial charge in [-0.15, -0.1) is 0 Å². The minimum absolute atomic E-state index is 0.302. The topological polar surface area (TPSA) is 102 Å². The van der Waals surface area contributed by atoms with Crippen LogP contribution in [0.2, 0.25) is 0 Å². The first kappa shape index (κ1) is 12.0. The number of carbonyl (C=O) groups is 1. The molecule has 2 heterocycles. The lowest BCUT2D eigenvalue weighted by Crippen LogP contribution is -2.13. The largest absolute Gasteiger partial charge is 0.399 e. The maximum atomic E-state index is 12.0. The van der Waals surface area contributed by atoms with Crippen LogP contribution in [0.1, 0.15) is 10.5 Å². The van der Waals surface area contributed by atoms with E-state index in [1.807, 2.05) is 12.1 Å². The molecule has 0 atom stereocenters. The van der Waals surface area contributed by atoms with Gasteiger partial charge in [-0.05, 0) is 30.3 Å². The van der Waals surface area contributed by atoms with Gasteiger partial charge in [-0.2, -0.15) is 10.2 Å². The number of rotatable bonds is 3. The van der Waals surface area contributed by atoms with Gasteiger partial charge in [0.25, 0.3) is 5.91 Å². The molecule has 7 nitrogen and oxygen atoms in total. The van der Waals surface area contributed by atoms with Crippen LogP contribution in [0.25, 0.3) is 5.69 Å². The van der Waals surface area contributed by atoms with Gasteiger partial charge in [-0.25, -0.2) is 4.68 Å². The maximum Gasteiger partial charge on any atom is 0.277 e. The summed E-state index contributed by atoms with van der Waals surface area (Å²) in [5.74, 6) is 0.223. The van der Waals surface area contributed by atoms with E-state index in [1.165, 1.54) is 0 Å². The molecular formula is C13H12N6O.